The van der Waals surface area contributed by atoms with E-state index in [1.165, 1.54) is 0 Å². The molecule has 0 aliphatic heterocycles. The first-order valence-electron chi connectivity index (χ1n) is 7.56. The van der Waals surface area contributed by atoms with Crippen LogP contribution in [0.1, 0.15) is 50.4 Å². The fourth-order valence-electron chi connectivity index (χ4n) is 2.15. The van der Waals surface area contributed by atoms with E-state index in [-0.39, 0.29) is 5.97 Å². The minimum Gasteiger partial charge on any atom is -0.426 e. The number of hydrogen-bond acceptors (Lipinski definition) is 4. The van der Waals surface area contributed by atoms with Gasteiger partial charge in [-0.3, -0.25) is 4.79 Å². The van der Waals surface area contributed by atoms with Crippen LogP contribution in [0.15, 0.2) is 18.2 Å². The van der Waals surface area contributed by atoms with Crippen LogP contribution >= 0.6 is 0 Å². The Morgan fingerprint density at radius 2 is 1.76 bits per heavy atom. The molecule has 0 saturated heterocycles. The van der Waals surface area contributed by atoms with Crippen molar-refractivity contribution in [2.75, 3.05) is 0 Å². The Labute approximate surface area is 125 Å². The number of ether oxygens (including phenoxy) is 1. The van der Waals surface area contributed by atoms with Crippen molar-refractivity contribution in [3.05, 3.63) is 29.6 Å². The Morgan fingerprint density at radius 3 is 2.48 bits per heavy atom. The van der Waals surface area contributed by atoms with Crippen molar-refractivity contribution in [3.8, 4) is 5.75 Å². The van der Waals surface area contributed by atoms with E-state index < -0.39 is 0 Å². The number of hydrogen-bond donors (Lipinski definition) is 0. The van der Waals surface area contributed by atoms with Crippen LogP contribution in [0.3, 0.4) is 0 Å². The van der Waals surface area contributed by atoms with E-state index in [1.807, 2.05) is 19.9 Å². The number of carbonyl (C=O) groups excluding carboxylic acids is 1. The van der Waals surface area contributed by atoms with E-state index >= 15 is 0 Å². The molecule has 0 bridgehead atoms. The van der Waals surface area contributed by atoms with Crippen LogP contribution in [0, 0.1) is 13.8 Å². The molecule has 1 aromatic carbocycles. The van der Waals surface area contributed by atoms with Gasteiger partial charge in [-0.15, -0.1) is 0 Å². The molecule has 0 unspecified atom stereocenters. The highest BCUT2D eigenvalue weighted by molar-refractivity contribution is 5.78. The number of nitrogens with zero attached hydrogens (tertiary/aromatic N) is 2. The van der Waals surface area contributed by atoms with E-state index in [0.717, 1.165) is 48.1 Å². The second kappa shape index (κ2) is 7.16. The maximum Gasteiger partial charge on any atom is 0.311 e. The minimum atomic E-state index is -0.178. The van der Waals surface area contributed by atoms with Gasteiger partial charge in [0.2, 0.25) is 0 Å². The Morgan fingerprint density at radius 1 is 1.05 bits per heavy atom. The Balaban J connectivity index is 2.02. The van der Waals surface area contributed by atoms with Gasteiger partial charge in [-0.05, 0) is 32.4 Å². The summed E-state index contributed by atoms with van der Waals surface area (Å²) in [5.41, 5.74) is 3.39. The van der Waals surface area contributed by atoms with Gasteiger partial charge in [0.15, 0.2) is 0 Å². The molecule has 21 heavy (non-hydrogen) atoms. The Hall–Kier alpha value is -1.97. The molecule has 2 rings (SSSR count). The Bertz CT molecular complexity index is 638. The molecule has 4 heteroatoms. The molecule has 2 aromatic rings. The number of esters is 1. The molecule has 0 radical (unpaired) electrons. The summed E-state index contributed by atoms with van der Waals surface area (Å²) in [4.78, 5) is 20.7. The van der Waals surface area contributed by atoms with E-state index in [0.29, 0.717) is 12.2 Å². The first-order chi connectivity index (χ1) is 10.1. The average Bonchev–Trinajstić information content (AvgIpc) is 2.45. The van der Waals surface area contributed by atoms with Crippen molar-refractivity contribution in [3.63, 3.8) is 0 Å². The number of fused-ring (bicyclic) bond motifs is 1. The molecule has 0 fully saturated rings. The molecule has 0 aliphatic rings. The molecular formula is C17H22N2O2. The summed E-state index contributed by atoms with van der Waals surface area (Å²) in [7, 11) is 0. The van der Waals surface area contributed by atoms with Crippen LogP contribution in [0.4, 0.5) is 0 Å². The van der Waals surface area contributed by atoms with E-state index in [2.05, 4.69) is 16.9 Å². The van der Waals surface area contributed by atoms with Gasteiger partial charge in [0.25, 0.3) is 0 Å². The van der Waals surface area contributed by atoms with Crippen molar-refractivity contribution < 1.29 is 9.53 Å². The van der Waals surface area contributed by atoms with E-state index in [4.69, 9.17) is 4.74 Å². The number of unbranched alkanes of at least 4 members (excludes halogenated alkanes) is 3. The van der Waals surface area contributed by atoms with Gasteiger partial charge < -0.3 is 4.74 Å². The standard InChI is InChI=1S/C17H22N2O2/c1-4-5-6-7-8-17(20)21-14-9-10-15-16(11-14)19-13(3)12(2)18-15/h9-11H,4-8H2,1-3H3. The molecule has 1 aromatic heterocycles. The molecule has 112 valence electrons. The summed E-state index contributed by atoms with van der Waals surface area (Å²) in [6.07, 6.45) is 4.76. The van der Waals surface area contributed by atoms with E-state index in [9.17, 15) is 4.79 Å². The van der Waals surface area contributed by atoms with Gasteiger partial charge in [0.1, 0.15) is 5.75 Å². The average molecular weight is 286 g/mol. The zero-order valence-electron chi connectivity index (χ0n) is 13.0. The number of rotatable bonds is 6. The van der Waals surface area contributed by atoms with Crippen molar-refractivity contribution >= 4 is 17.0 Å². The maximum atomic E-state index is 11.8. The molecule has 4 nitrogen and oxygen atoms in total. The van der Waals surface area contributed by atoms with Gasteiger partial charge in [-0.25, -0.2) is 9.97 Å². The second-order valence-electron chi connectivity index (χ2n) is 5.33. The molecule has 0 aliphatic carbocycles. The summed E-state index contributed by atoms with van der Waals surface area (Å²) < 4.78 is 5.37. The lowest BCUT2D eigenvalue weighted by Gasteiger charge is -2.06. The highest BCUT2D eigenvalue weighted by atomic mass is 16.5. The van der Waals surface area contributed by atoms with Crippen LogP contribution in [0.2, 0.25) is 0 Å². The fraction of sp³-hybridized carbons (Fsp3) is 0.471. The van der Waals surface area contributed by atoms with Crippen LogP contribution in [0.5, 0.6) is 5.75 Å². The second-order valence-corrected chi connectivity index (χ2v) is 5.33. The SMILES string of the molecule is CCCCCCC(=O)Oc1ccc2nc(C)c(C)nc2c1. The first kappa shape index (κ1) is 15.4. The van der Waals surface area contributed by atoms with Gasteiger partial charge in [0, 0.05) is 12.5 Å². The summed E-state index contributed by atoms with van der Waals surface area (Å²) in [6.45, 7) is 6.01. The van der Waals surface area contributed by atoms with Crippen molar-refractivity contribution in [2.24, 2.45) is 0 Å². The van der Waals surface area contributed by atoms with Crippen LogP contribution in [0.25, 0.3) is 11.0 Å². The normalized spacial score (nSPS) is 10.8. The first-order valence-corrected chi connectivity index (χ1v) is 7.56. The monoisotopic (exact) mass is 286 g/mol. The highest BCUT2D eigenvalue weighted by Gasteiger charge is 2.07. The minimum absolute atomic E-state index is 0.178. The molecule has 0 saturated carbocycles. The van der Waals surface area contributed by atoms with Crippen molar-refractivity contribution in [2.45, 2.75) is 52.9 Å². The van der Waals surface area contributed by atoms with Crippen molar-refractivity contribution in [1.82, 2.24) is 9.97 Å². The largest absolute Gasteiger partial charge is 0.426 e. The zero-order chi connectivity index (χ0) is 15.2. The predicted molar refractivity (Wildman–Crippen MR) is 83.4 cm³/mol. The van der Waals surface area contributed by atoms with Gasteiger partial charge in [-0.2, -0.15) is 0 Å². The lowest BCUT2D eigenvalue weighted by Crippen LogP contribution is -2.07. The summed E-state index contributed by atoms with van der Waals surface area (Å²) in [5, 5.41) is 0. The molecule has 0 N–H and O–H groups in total. The number of aryl methyl sites for hydroxylation is 2. The number of aromatic nitrogens is 2. The molecular weight excluding hydrogens is 264 g/mol. The third-order valence-electron chi connectivity index (χ3n) is 3.51. The lowest BCUT2D eigenvalue weighted by molar-refractivity contribution is -0.134. The van der Waals surface area contributed by atoms with Crippen LogP contribution in [-0.2, 0) is 4.79 Å². The Kier molecular flexibility index (Phi) is 5.26. The van der Waals surface area contributed by atoms with Gasteiger partial charge in [-0.1, -0.05) is 26.2 Å². The third-order valence-corrected chi connectivity index (χ3v) is 3.51. The quantitative estimate of drug-likeness (QED) is 0.455. The lowest BCUT2D eigenvalue weighted by atomic mass is 10.1. The van der Waals surface area contributed by atoms with E-state index in [1.54, 1.807) is 12.1 Å². The topological polar surface area (TPSA) is 52.1 Å². The highest BCUT2D eigenvalue weighted by Crippen LogP contribution is 2.20. The number of carbonyl (C=O) groups is 1. The molecule has 0 spiro atoms. The van der Waals surface area contributed by atoms with Gasteiger partial charge in [0.05, 0.1) is 22.4 Å². The molecule has 0 atom stereocenters. The zero-order valence-corrected chi connectivity index (χ0v) is 13.0. The number of benzene rings is 1. The van der Waals surface area contributed by atoms with Crippen LogP contribution < -0.4 is 4.74 Å². The third kappa shape index (κ3) is 4.25. The summed E-state index contributed by atoms with van der Waals surface area (Å²) in [5.74, 6) is 0.364. The molecule has 1 heterocycles. The summed E-state index contributed by atoms with van der Waals surface area (Å²) >= 11 is 0. The van der Waals surface area contributed by atoms with Gasteiger partial charge >= 0.3 is 5.97 Å². The fourth-order valence-corrected chi connectivity index (χ4v) is 2.15. The summed E-state index contributed by atoms with van der Waals surface area (Å²) in [6, 6.07) is 5.39. The van der Waals surface area contributed by atoms with Crippen molar-refractivity contribution in [1.29, 1.82) is 0 Å². The molecule has 0 amide bonds. The predicted octanol–water partition coefficient (Wildman–Crippen LogP) is 4.12. The maximum absolute atomic E-state index is 11.8. The van der Waals surface area contributed by atoms with Crippen LogP contribution in [-0.4, -0.2) is 15.9 Å². The smallest absolute Gasteiger partial charge is 0.311 e.